The average Bonchev–Trinajstić information content (AvgIpc) is 3.18. The summed E-state index contributed by atoms with van der Waals surface area (Å²) >= 11 is 1.62. The fourth-order valence-electron chi connectivity index (χ4n) is 3.46. The van der Waals surface area contributed by atoms with Crippen molar-refractivity contribution in [3.8, 4) is 0 Å². The van der Waals surface area contributed by atoms with Crippen LogP contribution in [-0.4, -0.2) is 29.0 Å². The largest absolute Gasteiger partial charge is 0.465 e. The highest BCUT2D eigenvalue weighted by molar-refractivity contribution is 7.99. The molecule has 4 rings (SSSR count). The number of piperidine rings is 1. The third-order valence-electron chi connectivity index (χ3n) is 5.00. The van der Waals surface area contributed by atoms with Gasteiger partial charge in [-0.3, -0.25) is 4.79 Å². The third kappa shape index (κ3) is 4.98. The molecule has 1 aliphatic rings. The second-order valence-corrected chi connectivity index (χ2v) is 8.15. The normalized spacial score (nSPS) is 14.7. The number of carbonyl (C=O) groups excluding carboxylic acids is 1. The van der Waals surface area contributed by atoms with Crippen molar-refractivity contribution in [2.24, 2.45) is 5.92 Å². The van der Waals surface area contributed by atoms with E-state index >= 15 is 0 Å². The number of rotatable bonds is 6. The fraction of sp³-hybridized carbons (Fsp3) is 0.318. The van der Waals surface area contributed by atoms with E-state index in [-0.39, 0.29) is 11.8 Å². The highest BCUT2D eigenvalue weighted by Gasteiger charge is 2.27. The van der Waals surface area contributed by atoms with E-state index in [2.05, 4.69) is 32.3 Å². The number of furan rings is 1. The van der Waals surface area contributed by atoms with Gasteiger partial charge in [-0.05, 0) is 44.0 Å². The van der Waals surface area contributed by atoms with Gasteiger partial charge in [0.2, 0.25) is 5.91 Å². The highest BCUT2D eigenvalue weighted by Crippen LogP contribution is 2.33. The molecule has 0 atom stereocenters. The summed E-state index contributed by atoms with van der Waals surface area (Å²) in [6.07, 6.45) is 5.06. The molecule has 0 aliphatic carbocycles. The minimum absolute atomic E-state index is 0.0178. The Morgan fingerprint density at radius 3 is 2.62 bits per heavy atom. The van der Waals surface area contributed by atoms with Gasteiger partial charge < -0.3 is 14.6 Å². The summed E-state index contributed by atoms with van der Waals surface area (Å²) < 4.78 is 5.52. The molecule has 150 valence electrons. The quantitative estimate of drug-likeness (QED) is 0.663. The van der Waals surface area contributed by atoms with Crippen molar-refractivity contribution in [2.75, 3.05) is 18.0 Å². The molecule has 0 bridgehead atoms. The van der Waals surface area contributed by atoms with Crippen molar-refractivity contribution < 1.29 is 9.21 Å². The van der Waals surface area contributed by atoms with Crippen molar-refractivity contribution in [3.63, 3.8) is 0 Å². The van der Waals surface area contributed by atoms with Gasteiger partial charge in [-0.1, -0.05) is 30.0 Å². The van der Waals surface area contributed by atoms with E-state index < -0.39 is 0 Å². The molecule has 1 N–H and O–H groups in total. The minimum Gasteiger partial charge on any atom is -0.465 e. The van der Waals surface area contributed by atoms with Crippen molar-refractivity contribution in [2.45, 2.75) is 36.2 Å². The lowest BCUT2D eigenvalue weighted by atomic mass is 9.96. The first-order chi connectivity index (χ1) is 14.2. The van der Waals surface area contributed by atoms with Gasteiger partial charge in [0.25, 0.3) is 0 Å². The summed E-state index contributed by atoms with van der Waals surface area (Å²) in [4.78, 5) is 25.0. The molecule has 0 spiro atoms. The van der Waals surface area contributed by atoms with Gasteiger partial charge >= 0.3 is 0 Å². The predicted molar refractivity (Wildman–Crippen MR) is 113 cm³/mol. The highest BCUT2D eigenvalue weighted by atomic mass is 32.2. The molecule has 29 heavy (non-hydrogen) atoms. The maximum absolute atomic E-state index is 12.5. The summed E-state index contributed by atoms with van der Waals surface area (Å²) in [5.41, 5.74) is 0. The molecule has 1 aliphatic heterocycles. The number of amides is 1. The molecular formula is C22H24N4O2S. The van der Waals surface area contributed by atoms with Gasteiger partial charge in [-0.15, -0.1) is 0 Å². The van der Waals surface area contributed by atoms with E-state index in [1.807, 2.05) is 37.3 Å². The Balaban J connectivity index is 1.34. The van der Waals surface area contributed by atoms with Crippen LogP contribution in [-0.2, 0) is 11.3 Å². The Hall–Kier alpha value is -2.80. The smallest absolute Gasteiger partial charge is 0.223 e. The van der Waals surface area contributed by atoms with Crippen LogP contribution in [0.15, 0.2) is 69.2 Å². The fourth-order valence-corrected chi connectivity index (χ4v) is 4.36. The van der Waals surface area contributed by atoms with Gasteiger partial charge in [0.05, 0.1) is 6.54 Å². The van der Waals surface area contributed by atoms with Crippen LogP contribution in [0.25, 0.3) is 0 Å². The van der Waals surface area contributed by atoms with Crippen LogP contribution in [0.5, 0.6) is 0 Å². The molecular weight excluding hydrogens is 384 g/mol. The lowest BCUT2D eigenvalue weighted by Crippen LogP contribution is -2.40. The third-order valence-corrected chi connectivity index (χ3v) is 5.99. The van der Waals surface area contributed by atoms with Crippen molar-refractivity contribution in [3.05, 3.63) is 66.4 Å². The van der Waals surface area contributed by atoms with Gasteiger partial charge in [0.1, 0.15) is 16.5 Å². The molecule has 7 heteroatoms. The molecule has 3 heterocycles. The number of hydrogen-bond acceptors (Lipinski definition) is 6. The second kappa shape index (κ2) is 9.13. The Kier molecular flexibility index (Phi) is 6.14. The first kappa shape index (κ1) is 19.5. The summed E-state index contributed by atoms with van der Waals surface area (Å²) in [7, 11) is 0. The number of carbonyl (C=O) groups is 1. The average molecular weight is 409 g/mol. The monoisotopic (exact) mass is 408 g/mol. The molecule has 1 aromatic carbocycles. The number of anilines is 1. The number of nitrogens with zero attached hydrogens (tertiary/aromatic N) is 3. The van der Waals surface area contributed by atoms with Crippen LogP contribution >= 0.6 is 11.8 Å². The number of benzene rings is 1. The van der Waals surface area contributed by atoms with Gasteiger partial charge in [0.15, 0.2) is 5.82 Å². The molecule has 1 fully saturated rings. The molecule has 3 aromatic rings. The van der Waals surface area contributed by atoms with Crippen LogP contribution in [0.4, 0.5) is 5.82 Å². The van der Waals surface area contributed by atoms with Crippen LogP contribution in [0, 0.1) is 12.8 Å². The molecule has 1 amide bonds. The number of aromatic nitrogens is 2. The predicted octanol–water partition coefficient (Wildman–Crippen LogP) is 4.06. The Morgan fingerprint density at radius 1 is 1.14 bits per heavy atom. The van der Waals surface area contributed by atoms with Crippen molar-refractivity contribution >= 4 is 23.5 Å². The van der Waals surface area contributed by atoms with Gasteiger partial charge in [-0.2, -0.15) is 0 Å². The molecule has 1 saturated heterocycles. The Morgan fingerprint density at radius 2 is 1.90 bits per heavy atom. The zero-order chi connectivity index (χ0) is 20.1. The lowest BCUT2D eigenvalue weighted by molar-refractivity contribution is -0.125. The van der Waals surface area contributed by atoms with E-state index in [1.165, 1.54) is 0 Å². The lowest BCUT2D eigenvalue weighted by Gasteiger charge is -2.32. The summed E-state index contributed by atoms with van der Waals surface area (Å²) in [6, 6.07) is 14.0. The SMILES string of the molecule is Cc1ccc(CNC(=O)C2CCN(c3nccnc3Sc3ccccc3)CC2)o1. The minimum atomic E-state index is 0.0178. The zero-order valence-electron chi connectivity index (χ0n) is 16.4. The molecule has 0 saturated carbocycles. The van der Waals surface area contributed by atoms with Crippen molar-refractivity contribution in [1.29, 1.82) is 0 Å². The van der Waals surface area contributed by atoms with E-state index in [0.29, 0.717) is 6.54 Å². The van der Waals surface area contributed by atoms with Crippen LogP contribution < -0.4 is 10.2 Å². The first-order valence-corrected chi connectivity index (χ1v) is 10.6. The number of nitrogens with one attached hydrogen (secondary N) is 1. The van der Waals surface area contributed by atoms with Crippen LogP contribution in [0.1, 0.15) is 24.4 Å². The summed E-state index contributed by atoms with van der Waals surface area (Å²) in [5, 5.41) is 3.90. The van der Waals surface area contributed by atoms with Crippen LogP contribution in [0.2, 0.25) is 0 Å². The van der Waals surface area contributed by atoms with Crippen molar-refractivity contribution in [1.82, 2.24) is 15.3 Å². The Labute approximate surface area is 174 Å². The number of aryl methyl sites for hydroxylation is 1. The van der Waals surface area contributed by atoms with E-state index in [4.69, 9.17) is 4.42 Å². The number of hydrogen-bond donors (Lipinski definition) is 1. The Bertz CT molecular complexity index is 952. The first-order valence-electron chi connectivity index (χ1n) is 9.81. The van der Waals surface area contributed by atoms with Gasteiger partial charge in [0, 0.05) is 36.3 Å². The zero-order valence-corrected chi connectivity index (χ0v) is 17.2. The van der Waals surface area contributed by atoms with E-state index in [9.17, 15) is 4.79 Å². The second-order valence-electron chi connectivity index (χ2n) is 7.09. The standard InChI is InChI=1S/C22H24N4O2S/c1-16-7-8-18(28-16)15-25-21(27)17-9-13-26(14-10-17)20-22(24-12-11-23-20)29-19-5-3-2-4-6-19/h2-8,11-12,17H,9-10,13-15H2,1H3,(H,25,27). The summed E-state index contributed by atoms with van der Waals surface area (Å²) in [6.45, 7) is 3.92. The molecule has 2 aromatic heterocycles. The van der Waals surface area contributed by atoms with E-state index in [0.717, 1.165) is 53.2 Å². The molecule has 0 unspecified atom stereocenters. The topological polar surface area (TPSA) is 71.3 Å². The maximum atomic E-state index is 12.5. The van der Waals surface area contributed by atoms with Gasteiger partial charge in [-0.25, -0.2) is 9.97 Å². The summed E-state index contributed by atoms with van der Waals surface area (Å²) in [5.74, 6) is 2.65. The van der Waals surface area contributed by atoms with E-state index in [1.54, 1.807) is 24.2 Å². The maximum Gasteiger partial charge on any atom is 0.223 e. The molecule has 0 radical (unpaired) electrons. The van der Waals surface area contributed by atoms with Crippen LogP contribution in [0.3, 0.4) is 0 Å². The molecule has 6 nitrogen and oxygen atoms in total.